The Hall–Kier alpha value is -1.51. The van der Waals surface area contributed by atoms with Crippen molar-refractivity contribution in [3.63, 3.8) is 0 Å². The number of carboxylic acid groups (broad SMARTS) is 1. The van der Waals surface area contributed by atoms with Crippen LogP contribution in [-0.2, 0) is 4.79 Å². The SMILES string of the molecule is Cc1cc(C)c(C)c(OCC(=O)O)c1C. The van der Waals surface area contributed by atoms with E-state index in [9.17, 15) is 4.79 Å². The number of aryl methyl sites for hydroxylation is 2. The summed E-state index contributed by atoms with van der Waals surface area (Å²) in [5.74, 6) is -0.247. The van der Waals surface area contributed by atoms with Crippen LogP contribution in [0.2, 0.25) is 0 Å². The first kappa shape index (κ1) is 11.6. The second-order valence-electron chi connectivity index (χ2n) is 3.77. The maximum absolute atomic E-state index is 10.4. The summed E-state index contributed by atoms with van der Waals surface area (Å²) in [6, 6.07) is 2.08. The van der Waals surface area contributed by atoms with Crippen LogP contribution in [0.4, 0.5) is 0 Å². The molecule has 0 saturated heterocycles. The molecule has 3 heteroatoms. The van der Waals surface area contributed by atoms with Crippen molar-refractivity contribution in [2.24, 2.45) is 0 Å². The first-order valence-electron chi connectivity index (χ1n) is 4.85. The molecule has 1 N–H and O–H groups in total. The fraction of sp³-hybridized carbons (Fsp3) is 0.417. The van der Waals surface area contributed by atoms with Crippen LogP contribution in [0.15, 0.2) is 6.07 Å². The van der Waals surface area contributed by atoms with Gasteiger partial charge in [-0.05, 0) is 49.9 Å². The fourth-order valence-electron chi connectivity index (χ4n) is 1.53. The minimum atomic E-state index is -0.951. The highest BCUT2D eigenvalue weighted by molar-refractivity contribution is 5.68. The Morgan fingerprint density at radius 2 is 1.67 bits per heavy atom. The van der Waals surface area contributed by atoms with Gasteiger partial charge in [0, 0.05) is 0 Å². The summed E-state index contributed by atoms with van der Waals surface area (Å²) in [6.45, 7) is 7.59. The number of aliphatic carboxylic acids is 1. The Bertz CT molecular complexity index is 368. The molecule has 0 aliphatic carbocycles. The second kappa shape index (κ2) is 4.34. The average molecular weight is 208 g/mol. The average Bonchev–Trinajstić information content (AvgIpc) is 2.14. The van der Waals surface area contributed by atoms with Crippen molar-refractivity contribution in [1.29, 1.82) is 0 Å². The van der Waals surface area contributed by atoms with Gasteiger partial charge >= 0.3 is 5.97 Å². The largest absolute Gasteiger partial charge is 0.481 e. The molecule has 0 spiro atoms. The maximum Gasteiger partial charge on any atom is 0.341 e. The molecule has 0 unspecified atom stereocenters. The van der Waals surface area contributed by atoms with Crippen LogP contribution in [0.25, 0.3) is 0 Å². The molecule has 1 aromatic rings. The van der Waals surface area contributed by atoms with E-state index in [0.717, 1.165) is 22.3 Å². The second-order valence-corrected chi connectivity index (χ2v) is 3.77. The van der Waals surface area contributed by atoms with Gasteiger partial charge in [-0.25, -0.2) is 4.79 Å². The number of ether oxygens (including phenoxy) is 1. The molecule has 0 heterocycles. The van der Waals surface area contributed by atoms with E-state index < -0.39 is 5.97 Å². The number of benzene rings is 1. The summed E-state index contributed by atoms with van der Waals surface area (Å²) in [5.41, 5.74) is 4.27. The molecule has 0 amide bonds. The molecule has 0 fully saturated rings. The van der Waals surface area contributed by atoms with Crippen molar-refractivity contribution in [3.05, 3.63) is 28.3 Å². The lowest BCUT2D eigenvalue weighted by Crippen LogP contribution is -2.11. The predicted octanol–water partition coefficient (Wildman–Crippen LogP) is 2.38. The summed E-state index contributed by atoms with van der Waals surface area (Å²) >= 11 is 0. The topological polar surface area (TPSA) is 46.5 Å². The zero-order valence-electron chi connectivity index (χ0n) is 9.55. The van der Waals surface area contributed by atoms with Crippen LogP contribution >= 0.6 is 0 Å². The molecule has 0 aliphatic rings. The highest BCUT2D eigenvalue weighted by Crippen LogP contribution is 2.28. The smallest absolute Gasteiger partial charge is 0.341 e. The standard InChI is InChI=1S/C12H16O3/c1-7-5-8(2)10(4)12(9(7)3)15-6-11(13)14/h5H,6H2,1-4H3,(H,13,14). The zero-order valence-corrected chi connectivity index (χ0v) is 9.55. The monoisotopic (exact) mass is 208 g/mol. The predicted molar refractivity (Wildman–Crippen MR) is 58.5 cm³/mol. The summed E-state index contributed by atoms with van der Waals surface area (Å²) in [7, 11) is 0. The van der Waals surface area contributed by atoms with Gasteiger partial charge in [-0.15, -0.1) is 0 Å². The van der Waals surface area contributed by atoms with Crippen molar-refractivity contribution in [2.45, 2.75) is 27.7 Å². The highest BCUT2D eigenvalue weighted by atomic mass is 16.5. The van der Waals surface area contributed by atoms with Crippen molar-refractivity contribution in [2.75, 3.05) is 6.61 Å². The van der Waals surface area contributed by atoms with Gasteiger partial charge < -0.3 is 9.84 Å². The highest BCUT2D eigenvalue weighted by Gasteiger charge is 2.10. The van der Waals surface area contributed by atoms with E-state index in [-0.39, 0.29) is 6.61 Å². The number of hydrogen-bond donors (Lipinski definition) is 1. The van der Waals surface area contributed by atoms with Crippen LogP contribution in [0.1, 0.15) is 22.3 Å². The number of carbonyl (C=O) groups is 1. The molecule has 0 aliphatic heterocycles. The van der Waals surface area contributed by atoms with E-state index in [1.807, 2.05) is 27.7 Å². The molecule has 1 rings (SSSR count). The van der Waals surface area contributed by atoms with Gasteiger partial charge in [-0.1, -0.05) is 6.07 Å². The Kier molecular flexibility index (Phi) is 3.35. The lowest BCUT2D eigenvalue weighted by Gasteiger charge is -2.14. The molecular formula is C12H16O3. The molecule has 82 valence electrons. The van der Waals surface area contributed by atoms with E-state index in [2.05, 4.69) is 6.07 Å². The van der Waals surface area contributed by atoms with E-state index >= 15 is 0 Å². The summed E-state index contributed by atoms with van der Waals surface area (Å²) in [6.07, 6.45) is 0. The Balaban J connectivity index is 3.09. The van der Waals surface area contributed by atoms with Gasteiger partial charge in [0.1, 0.15) is 5.75 Å². The summed E-state index contributed by atoms with van der Waals surface area (Å²) in [4.78, 5) is 10.4. The zero-order chi connectivity index (χ0) is 11.6. The molecule has 15 heavy (non-hydrogen) atoms. The Morgan fingerprint density at radius 1 is 1.20 bits per heavy atom. The van der Waals surface area contributed by atoms with Gasteiger partial charge in [0.25, 0.3) is 0 Å². The van der Waals surface area contributed by atoms with Crippen LogP contribution in [0, 0.1) is 27.7 Å². The molecule has 0 saturated carbocycles. The molecule has 0 bridgehead atoms. The summed E-state index contributed by atoms with van der Waals surface area (Å²) in [5, 5.41) is 8.57. The van der Waals surface area contributed by atoms with Crippen molar-refractivity contribution < 1.29 is 14.6 Å². The van der Waals surface area contributed by atoms with Crippen LogP contribution in [-0.4, -0.2) is 17.7 Å². The lowest BCUT2D eigenvalue weighted by molar-refractivity contribution is -0.139. The van der Waals surface area contributed by atoms with E-state index in [0.29, 0.717) is 5.75 Å². The van der Waals surface area contributed by atoms with E-state index in [4.69, 9.17) is 9.84 Å². The number of rotatable bonds is 3. The molecule has 0 atom stereocenters. The number of hydrogen-bond acceptors (Lipinski definition) is 2. The molecule has 1 aromatic carbocycles. The first-order valence-corrected chi connectivity index (χ1v) is 4.85. The minimum Gasteiger partial charge on any atom is -0.481 e. The maximum atomic E-state index is 10.4. The molecular weight excluding hydrogens is 192 g/mol. The van der Waals surface area contributed by atoms with Gasteiger partial charge in [-0.2, -0.15) is 0 Å². The summed E-state index contributed by atoms with van der Waals surface area (Å²) < 4.78 is 5.29. The van der Waals surface area contributed by atoms with Gasteiger partial charge in [0.2, 0.25) is 0 Å². The number of carboxylic acids is 1. The van der Waals surface area contributed by atoms with E-state index in [1.54, 1.807) is 0 Å². The van der Waals surface area contributed by atoms with Crippen molar-refractivity contribution >= 4 is 5.97 Å². The third-order valence-corrected chi connectivity index (χ3v) is 2.64. The van der Waals surface area contributed by atoms with Gasteiger partial charge in [0.15, 0.2) is 6.61 Å². The molecule has 0 aromatic heterocycles. The van der Waals surface area contributed by atoms with Crippen LogP contribution in [0.5, 0.6) is 5.75 Å². The fourth-order valence-corrected chi connectivity index (χ4v) is 1.53. The molecule has 3 nitrogen and oxygen atoms in total. The lowest BCUT2D eigenvalue weighted by atomic mass is 10.0. The quantitative estimate of drug-likeness (QED) is 0.829. The van der Waals surface area contributed by atoms with Crippen LogP contribution in [0.3, 0.4) is 0 Å². The van der Waals surface area contributed by atoms with Crippen molar-refractivity contribution in [1.82, 2.24) is 0 Å². The third-order valence-electron chi connectivity index (χ3n) is 2.64. The Labute approximate surface area is 89.7 Å². The normalized spacial score (nSPS) is 10.1. The minimum absolute atomic E-state index is 0.287. The van der Waals surface area contributed by atoms with Crippen molar-refractivity contribution in [3.8, 4) is 5.75 Å². The van der Waals surface area contributed by atoms with Crippen LogP contribution < -0.4 is 4.74 Å². The first-order chi connectivity index (χ1) is 6.93. The van der Waals surface area contributed by atoms with Gasteiger partial charge in [0.05, 0.1) is 0 Å². The Morgan fingerprint density at radius 3 is 2.07 bits per heavy atom. The van der Waals surface area contributed by atoms with E-state index in [1.165, 1.54) is 0 Å². The molecule has 0 radical (unpaired) electrons. The third kappa shape index (κ3) is 2.49. The van der Waals surface area contributed by atoms with Gasteiger partial charge in [-0.3, -0.25) is 0 Å².